The van der Waals surface area contributed by atoms with Crippen LogP contribution in [-0.4, -0.2) is 34.7 Å². The summed E-state index contributed by atoms with van der Waals surface area (Å²) < 4.78 is 40.0. The van der Waals surface area contributed by atoms with Crippen LogP contribution < -0.4 is 11.5 Å². The van der Waals surface area contributed by atoms with Gasteiger partial charge in [0, 0.05) is 11.9 Å². The van der Waals surface area contributed by atoms with Crippen molar-refractivity contribution in [3.05, 3.63) is 17.5 Å². The number of hydrogen-bond donors (Lipinski definition) is 3. The molecule has 0 aromatic carbocycles. The molecule has 2 rings (SSSR count). The molecule has 0 spiro atoms. The van der Waals surface area contributed by atoms with Crippen molar-refractivity contribution in [2.45, 2.75) is 24.8 Å². The zero-order valence-electron chi connectivity index (χ0n) is 9.36. The number of nitrogens with one attached hydrogen (secondary N) is 1. The number of aliphatic imine (C=N–C) groups is 2. The molecule has 1 aromatic heterocycles. The van der Waals surface area contributed by atoms with Gasteiger partial charge >= 0.3 is 6.18 Å². The number of halogens is 3. The number of rotatable bonds is 1. The zero-order chi connectivity index (χ0) is 13.6. The first-order valence-corrected chi connectivity index (χ1v) is 5.00. The second kappa shape index (κ2) is 3.80. The molecular formula is C9H11F3N6. The molecule has 0 saturated carbocycles. The Morgan fingerprint density at radius 2 is 2.11 bits per heavy atom. The molecule has 0 radical (unpaired) electrons. The third kappa shape index (κ3) is 1.67. The van der Waals surface area contributed by atoms with E-state index in [1.807, 2.05) is 0 Å². The number of nitrogens with zero attached hydrogens (tertiary/aromatic N) is 3. The van der Waals surface area contributed by atoms with Crippen molar-refractivity contribution < 1.29 is 13.2 Å². The summed E-state index contributed by atoms with van der Waals surface area (Å²) >= 11 is 0. The van der Waals surface area contributed by atoms with Crippen LogP contribution in [0.2, 0.25) is 0 Å². The molecule has 1 aliphatic heterocycles. The Kier molecular flexibility index (Phi) is 2.65. The summed E-state index contributed by atoms with van der Waals surface area (Å²) in [4.78, 5) is 6.99. The molecule has 9 heteroatoms. The van der Waals surface area contributed by atoms with Gasteiger partial charge < -0.3 is 5.73 Å². The number of amidine groups is 1. The summed E-state index contributed by atoms with van der Waals surface area (Å²) in [6.07, 6.45) is -5.15. The molecule has 0 fully saturated rings. The van der Waals surface area contributed by atoms with E-state index in [1.54, 1.807) is 6.92 Å². The summed E-state index contributed by atoms with van der Waals surface area (Å²) in [6.45, 7) is 1.58. The van der Waals surface area contributed by atoms with Crippen molar-refractivity contribution in [1.29, 1.82) is 0 Å². The Morgan fingerprint density at radius 1 is 1.44 bits per heavy atom. The molecule has 98 valence electrons. The van der Waals surface area contributed by atoms with E-state index in [0.717, 1.165) is 0 Å². The fourth-order valence-corrected chi connectivity index (χ4v) is 1.71. The van der Waals surface area contributed by atoms with E-state index < -0.39 is 23.7 Å². The standard InChI is InChI=1S/C9H11F3N6/c1-4-2-5(18-17-4)8(9(10,11)12)3-15-7(14)16-6(8)13/h2-3,7H,14H2,1H3,(H2,13,16)(H,17,18). The summed E-state index contributed by atoms with van der Waals surface area (Å²) in [6, 6.07) is 1.25. The number of aryl methyl sites for hydroxylation is 1. The normalized spacial score (nSPS) is 28.3. The summed E-state index contributed by atoms with van der Waals surface area (Å²) in [7, 11) is 0. The highest BCUT2D eigenvalue weighted by atomic mass is 19.4. The first kappa shape index (κ1) is 12.6. The summed E-state index contributed by atoms with van der Waals surface area (Å²) in [5.41, 5.74) is 8.31. The van der Waals surface area contributed by atoms with Gasteiger partial charge in [0.25, 0.3) is 0 Å². The SMILES string of the molecule is Cc1cc(C2(C(F)(F)F)C=NC(N)N=C2N)n[nH]1. The third-order valence-corrected chi connectivity index (χ3v) is 2.65. The molecule has 2 unspecified atom stereocenters. The van der Waals surface area contributed by atoms with Crippen molar-refractivity contribution in [2.24, 2.45) is 21.5 Å². The van der Waals surface area contributed by atoms with Gasteiger partial charge in [-0.25, -0.2) is 4.99 Å². The smallest absolute Gasteiger partial charge is 0.386 e. The molecule has 2 atom stereocenters. The molecule has 18 heavy (non-hydrogen) atoms. The number of nitrogens with two attached hydrogens (primary N) is 2. The largest absolute Gasteiger partial charge is 0.411 e. The molecule has 1 aromatic rings. The molecule has 2 heterocycles. The number of aromatic nitrogens is 2. The highest BCUT2D eigenvalue weighted by molar-refractivity contribution is 6.08. The average molecular weight is 260 g/mol. The van der Waals surface area contributed by atoms with Crippen molar-refractivity contribution in [3.63, 3.8) is 0 Å². The van der Waals surface area contributed by atoms with Crippen molar-refractivity contribution >= 4 is 12.1 Å². The third-order valence-electron chi connectivity index (χ3n) is 2.65. The second-order valence-electron chi connectivity index (χ2n) is 3.95. The Hall–Kier alpha value is -1.90. The maximum absolute atomic E-state index is 13.3. The van der Waals surface area contributed by atoms with Crippen LogP contribution in [0.1, 0.15) is 11.4 Å². The molecule has 0 saturated heterocycles. The van der Waals surface area contributed by atoms with E-state index in [2.05, 4.69) is 20.2 Å². The van der Waals surface area contributed by atoms with Crippen molar-refractivity contribution in [3.8, 4) is 0 Å². The predicted molar refractivity (Wildman–Crippen MR) is 59.1 cm³/mol. The van der Waals surface area contributed by atoms with E-state index in [1.165, 1.54) is 6.07 Å². The van der Waals surface area contributed by atoms with Gasteiger partial charge in [0.15, 0.2) is 6.29 Å². The van der Waals surface area contributed by atoms with Gasteiger partial charge in [0.05, 0.1) is 5.69 Å². The van der Waals surface area contributed by atoms with Gasteiger partial charge in [-0.3, -0.25) is 15.8 Å². The number of alkyl halides is 3. The Morgan fingerprint density at radius 3 is 2.56 bits per heavy atom. The van der Waals surface area contributed by atoms with Gasteiger partial charge in [-0.05, 0) is 13.0 Å². The van der Waals surface area contributed by atoms with Crippen LogP contribution in [0.4, 0.5) is 13.2 Å². The molecule has 0 bridgehead atoms. The average Bonchev–Trinajstić information content (AvgIpc) is 2.63. The molecule has 5 N–H and O–H groups in total. The van der Waals surface area contributed by atoms with Crippen LogP contribution in [0.15, 0.2) is 16.1 Å². The van der Waals surface area contributed by atoms with Gasteiger partial charge in [0.1, 0.15) is 5.84 Å². The maximum atomic E-state index is 13.3. The van der Waals surface area contributed by atoms with E-state index in [9.17, 15) is 13.2 Å². The zero-order valence-corrected chi connectivity index (χ0v) is 9.36. The van der Waals surface area contributed by atoms with Gasteiger partial charge in [0.2, 0.25) is 5.41 Å². The van der Waals surface area contributed by atoms with Crippen LogP contribution in [-0.2, 0) is 5.41 Å². The van der Waals surface area contributed by atoms with Gasteiger partial charge in [-0.15, -0.1) is 0 Å². The lowest BCUT2D eigenvalue weighted by atomic mass is 9.82. The number of aromatic amines is 1. The van der Waals surface area contributed by atoms with Gasteiger partial charge in [-0.1, -0.05) is 0 Å². The first-order valence-electron chi connectivity index (χ1n) is 5.00. The van der Waals surface area contributed by atoms with Crippen LogP contribution in [0.5, 0.6) is 0 Å². The molecule has 1 aliphatic rings. The second-order valence-corrected chi connectivity index (χ2v) is 3.95. The highest BCUT2D eigenvalue weighted by Gasteiger charge is 2.60. The minimum absolute atomic E-state index is 0.301. The lowest BCUT2D eigenvalue weighted by Gasteiger charge is -2.32. The van der Waals surface area contributed by atoms with Crippen molar-refractivity contribution in [1.82, 2.24) is 10.2 Å². The van der Waals surface area contributed by atoms with Crippen LogP contribution in [0.25, 0.3) is 0 Å². The fourth-order valence-electron chi connectivity index (χ4n) is 1.71. The summed E-state index contributed by atoms with van der Waals surface area (Å²) in [5.74, 6) is -0.663. The first-order chi connectivity index (χ1) is 8.27. The highest BCUT2D eigenvalue weighted by Crippen LogP contribution is 2.40. The van der Waals surface area contributed by atoms with E-state index in [0.29, 0.717) is 11.9 Å². The monoisotopic (exact) mass is 260 g/mol. The quantitative estimate of drug-likeness (QED) is 0.671. The minimum atomic E-state index is -4.70. The number of hydrogen-bond acceptors (Lipinski definition) is 5. The maximum Gasteiger partial charge on any atom is 0.411 e. The van der Waals surface area contributed by atoms with Crippen LogP contribution in [0, 0.1) is 6.92 Å². The van der Waals surface area contributed by atoms with E-state index >= 15 is 0 Å². The Bertz CT molecular complexity index is 517. The molecule has 0 amide bonds. The lowest BCUT2D eigenvalue weighted by Crippen LogP contribution is -2.56. The number of H-pyrrole nitrogens is 1. The topological polar surface area (TPSA) is 105 Å². The fraction of sp³-hybridized carbons (Fsp3) is 0.444. The van der Waals surface area contributed by atoms with Crippen LogP contribution >= 0.6 is 0 Å². The molecular weight excluding hydrogens is 249 g/mol. The molecule has 6 nitrogen and oxygen atoms in total. The Labute approximate surface area is 100.0 Å². The predicted octanol–water partition coefficient (Wildman–Crippen LogP) is 0.202. The van der Waals surface area contributed by atoms with Gasteiger partial charge in [-0.2, -0.15) is 18.3 Å². The van der Waals surface area contributed by atoms with E-state index in [4.69, 9.17) is 11.5 Å². The lowest BCUT2D eigenvalue weighted by molar-refractivity contribution is -0.151. The van der Waals surface area contributed by atoms with Crippen LogP contribution in [0.3, 0.4) is 0 Å². The van der Waals surface area contributed by atoms with E-state index in [-0.39, 0.29) is 5.69 Å². The minimum Gasteiger partial charge on any atom is -0.386 e. The summed E-state index contributed by atoms with van der Waals surface area (Å²) in [5, 5.41) is 6.06. The molecule has 0 aliphatic carbocycles. The Balaban J connectivity index is 2.63. The van der Waals surface area contributed by atoms with Crippen molar-refractivity contribution in [2.75, 3.05) is 0 Å².